The first-order valence-electron chi connectivity index (χ1n) is 7.24. The number of para-hydroxylation sites is 1. The van der Waals surface area contributed by atoms with Crippen LogP contribution in [0.4, 0.5) is 0 Å². The fraction of sp³-hybridized carbons (Fsp3) is 0.625. The van der Waals surface area contributed by atoms with E-state index >= 15 is 0 Å². The molecular weight excluding hydrogens is 254 g/mol. The van der Waals surface area contributed by atoms with Crippen LogP contribution in [0.5, 0.6) is 5.75 Å². The van der Waals surface area contributed by atoms with Crippen molar-refractivity contribution < 1.29 is 14.2 Å². The van der Waals surface area contributed by atoms with Gasteiger partial charge in [-0.15, -0.1) is 0 Å². The summed E-state index contributed by atoms with van der Waals surface area (Å²) >= 11 is 0. The van der Waals surface area contributed by atoms with Crippen LogP contribution in [-0.2, 0) is 9.47 Å². The van der Waals surface area contributed by atoms with Crippen LogP contribution in [0.3, 0.4) is 0 Å². The number of nitrogens with one attached hydrogen (secondary N) is 1. The molecule has 0 bridgehead atoms. The van der Waals surface area contributed by atoms with Crippen LogP contribution >= 0.6 is 0 Å². The zero-order valence-electron chi connectivity index (χ0n) is 13.0. The van der Waals surface area contributed by atoms with Gasteiger partial charge in [0.15, 0.2) is 0 Å². The Kier molecular flexibility index (Phi) is 8.26. The maximum absolute atomic E-state index is 5.96. The van der Waals surface area contributed by atoms with Crippen LogP contribution in [0.15, 0.2) is 24.3 Å². The van der Waals surface area contributed by atoms with E-state index in [2.05, 4.69) is 19.2 Å². The van der Waals surface area contributed by atoms with E-state index in [9.17, 15) is 0 Å². The van der Waals surface area contributed by atoms with Crippen molar-refractivity contribution in [2.24, 2.45) is 0 Å². The Morgan fingerprint density at radius 1 is 1.15 bits per heavy atom. The predicted octanol–water partition coefficient (Wildman–Crippen LogP) is 2.79. The largest absolute Gasteiger partial charge is 0.496 e. The molecule has 1 aromatic rings. The molecule has 1 atom stereocenters. The number of methoxy groups -OCH3 is 1. The maximum atomic E-state index is 5.96. The molecule has 114 valence electrons. The fourth-order valence-electron chi connectivity index (χ4n) is 1.93. The number of ether oxygens (including phenoxy) is 3. The molecule has 0 amide bonds. The minimum Gasteiger partial charge on any atom is -0.496 e. The summed E-state index contributed by atoms with van der Waals surface area (Å²) in [6, 6.07) is 8.40. The molecule has 4 heteroatoms. The van der Waals surface area contributed by atoms with Crippen molar-refractivity contribution in [1.29, 1.82) is 0 Å². The Morgan fingerprint density at radius 3 is 2.55 bits per heavy atom. The van der Waals surface area contributed by atoms with E-state index in [1.165, 1.54) is 0 Å². The Labute approximate surface area is 122 Å². The summed E-state index contributed by atoms with van der Waals surface area (Å²) in [7, 11) is 1.69. The van der Waals surface area contributed by atoms with Crippen LogP contribution in [-0.4, -0.2) is 39.5 Å². The summed E-state index contributed by atoms with van der Waals surface area (Å²) in [6.45, 7) is 8.90. The van der Waals surface area contributed by atoms with Crippen LogP contribution in [0.2, 0.25) is 0 Å². The van der Waals surface area contributed by atoms with Gasteiger partial charge in [-0.2, -0.15) is 0 Å². The van der Waals surface area contributed by atoms with Gasteiger partial charge in [-0.25, -0.2) is 0 Å². The first kappa shape index (κ1) is 17.0. The highest BCUT2D eigenvalue weighted by molar-refractivity contribution is 5.35. The molecule has 1 N–H and O–H groups in total. The molecule has 4 nitrogen and oxygen atoms in total. The van der Waals surface area contributed by atoms with Gasteiger partial charge >= 0.3 is 0 Å². The Balaban J connectivity index is 2.69. The summed E-state index contributed by atoms with van der Waals surface area (Å²) in [5.41, 5.74) is 1.07. The second-order valence-electron chi connectivity index (χ2n) is 4.86. The molecule has 0 saturated carbocycles. The lowest BCUT2D eigenvalue weighted by Crippen LogP contribution is -2.30. The first-order chi connectivity index (χ1) is 9.69. The number of hydrogen-bond acceptors (Lipinski definition) is 4. The van der Waals surface area contributed by atoms with Gasteiger partial charge in [0.05, 0.1) is 26.4 Å². The minimum absolute atomic E-state index is 0.0333. The number of hydrogen-bond donors (Lipinski definition) is 1. The lowest BCUT2D eigenvalue weighted by atomic mass is 10.1. The first-order valence-corrected chi connectivity index (χ1v) is 7.24. The highest BCUT2D eigenvalue weighted by Crippen LogP contribution is 2.27. The lowest BCUT2D eigenvalue weighted by Gasteiger charge is -2.22. The van der Waals surface area contributed by atoms with Crippen molar-refractivity contribution in [2.75, 3.05) is 33.5 Å². The van der Waals surface area contributed by atoms with E-state index in [1.807, 2.05) is 31.2 Å². The van der Waals surface area contributed by atoms with E-state index in [0.29, 0.717) is 25.9 Å². The Hall–Kier alpha value is -1.10. The molecule has 0 saturated heterocycles. The van der Waals surface area contributed by atoms with Crippen LogP contribution in [0, 0.1) is 0 Å². The summed E-state index contributed by atoms with van der Waals surface area (Å²) in [4.78, 5) is 0. The molecule has 1 aromatic carbocycles. The van der Waals surface area contributed by atoms with Crippen molar-refractivity contribution in [3.63, 3.8) is 0 Å². The molecule has 0 aliphatic carbocycles. The average molecular weight is 281 g/mol. The molecule has 1 rings (SSSR count). The van der Waals surface area contributed by atoms with Gasteiger partial charge in [-0.1, -0.05) is 32.0 Å². The topological polar surface area (TPSA) is 39.7 Å². The van der Waals surface area contributed by atoms with E-state index in [0.717, 1.165) is 17.9 Å². The summed E-state index contributed by atoms with van der Waals surface area (Å²) in [6.07, 6.45) is -0.0333. The van der Waals surface area contributed by atoms with Crippen molar-refractivity contribution in [2.45, 2.75) is 32.9 Å². The molecule has 1 unspecified atom stereocenters. The van der Waals surface area contributed by atoms with E-state index in [4.69, 9.17) is 14.2 Å². The van der Waals surface area contributed by atoms with Gasteiger partial charge in [-0.3, -0.25) is 0 Å². The van der Waals surface area contributed by atoms with Gasteiger partial charge in [0.2, 0.25) is 0 Å². The molecule has 0 aliphatic heterocycles. The van der Waals surface area contributed by atoms with Crippen molar-refractivity contribution >= 4 is 0 Å². The Bertz CT molecular complexity index is 368. The molecule has 0 aliphatic rings. The van der Waals surface area contributed by atoms with Crippen molar-refractivity contribution in [3.8, 4) is 5.75 Å². The summed E-state index contributed by atoms with van der Waals surface area (Å²) < 4.78 is 16.7. The second-order valence-corrected chi connectivity index (χ2v) is 4.86. The maximum Gasteiger partial charge on any atom is 0.124 e. The minimum atomic E-state index is -0.0333. The third-order valence-corrected chi connectivity index (χ3v) is 2.95. The third kappa shape index (κ3) is 5.90. The van der Waals surface area contributed by atoms with Gasteiger partial charge < -0.3 is 19.5 Å². The van der Waals surface area contributed by atoms with Crippen molar-refractivity contribution in [3.05, 3.63) is 29.8 Å². The highest BCUT2D eigenvalue weighted by atomic mass is 16.5. The second kappa shape index (κ2) is 9.75. The van der Waals surface area contributed by atoms with E-state index < -0.39 is 0 Å². The lowest BCUT2D eigenvalue weighted by molar-refractivity contribution is 0.00527. The number of rotatable bonds is 10. The predicted molar refractivity (Wildman–Crippen MR) is 81.3 cm³/mol. The Morgan fingerprint density at radius 2 is 1.90 bits per heavy atom. The molecular formula is C16H27NO3. The number of benzene rings is 1. The van der Waals surface area contributed by atoms with Gasteiger partial charge in [0.25, 0.3) is 0 Å². The normalized spacial score (nSPS) is 12.7. The quantitative estimate of drug-likeness (QED) is 0.669. The molecule has 0 radical (unpaired) electrons. The van der Waals surface area contributed by atoms with Gasteiger partial charge in [-0.05, 0) is 13.0 Å². The van der Waals surface area contributed by atoms with Crippen LogP contribution in [0.25, 0.3) is 0 Å². The molecule has 0 aromatic heterocycles. The zero-order chi connectivity index (χ0) is 14.8. The standard InChI is InChI=1S/C16H27NO3/c1-5-19-10-11-20-16(12-17-13(2)3)14-8-6-7-9-15(14)18-4/h6-9,13,16-17H,5,10-12H2,1-4H3. The van der Waals surface area contributed by atoms with Gasteiger partial charge in [0, 0.05) is 24.8 Å². The SMILES string of the molecule is CCOCCOC(CNC(C)C)c1ccccc1OC. The summed E-state index contributed by atoms with van der Waals surface area (Å²) in [5.74, 6) is 0.861. The molecule has 0 spiro atoms. The summed E-state index contributed by atoms with van der Waals surface area (Å²) in [5, 5.41) is 3.41. The van der Waals surface area contributed by atoms with E-state index in [1.54, 1.807) is 7.11 Å². The van der Waals surface area contributed by atoms with Crippen LogP contribution in [0.1, 0.15) is 32.4 Å². The zero-order valence-corrected chi connectivity index (χ0v) is 13.0. The molecule has 0 fully saturated rings. The smallest absolute Gasteiger partial charge is 0.124 e. The fourth-order valence-corrected chi connectivity index (χ4v) is 1.93. The molecule has 0 heterocycles. The molecule has 20 heavy (non-hydrogen) atoms. The third-order valence-electron chi connectivity index (χ3n) is 2.95. The van der Waals surface area contributed by atoms with Gasteiger partial charge in [0.1, 0.15) is 5.75 Å². The van der Waals surface area contributed by atoms with Crippen LogP contribution < -0.4 is 10.1 Å². The average Bonchev–Trinajstić information content (AvgIpc) is 2.46. The van der Waals surface area contributed by atoms with E-state index in [-0.39, 0.29) is 6.10 Å². The highest BCUT2D eigenvalue weighted by Gasteiger charge is 2.16. The van der Waals surface area contributed by atoms with Crippen molar-refractivity contribution in [1.82, 2.24) is 5.32 Å². The monoisotopic (exact) mass is 281 g/mol.